The van der Waals surface area contributed by atoms with Gasteiger partial charge in [0.25, 0.3) is 0 Å². The Morgan fingerprint density at radius 2 is 1.84 bits per heavy atom. The number of hydrogen-bond donors (Lipinski definition) is 1. The SMILES string of the molecule is Cc1cc(F)cc2c(-c3c(F)ccc4nn(C)cc34)nn(-c3ccc(N4CCC(C(=O)O)CC4)nc3)c12. The normalized spacial score (nSPS) is 14.6. The highest BCUT2D eigenvalue weighted by molar-refractivity contribution is 6.03. The Kier molecular flexibility index (Phi) is 5.40. The molecule has 5 aromatic rings. The van der Waals surface area contributed by atoms with E-state index in [1.165, 1.54) is 18.2 Å². The third-order valence-corrected chi connectivity index (χ3v) is 7.07. The molecule has 1 aliphatic heterocycles. The number of benzene rings is 2. The molecule has 10 heteroatoms. The molecule has 6 rings (SSSR count). The van der Waals surface area contributed by atoms with E-state index < -0.39 is 17.6 Å². The largest absolute Gasteiger partial charge is 0.481 e. The van der Waals surface area contributed by atoms with Gasteiger partial charge in [0.1, 0.15) is 23.1 Å². The molecular formula is C27H24F2N6O2. The summed E-state index contributed by atoms with van der Waals surface area (Å²) in [5.74, 6) is -1.22. The van der Waals surface area contributed by atoms with Crippen LogP contribution in [-0.4, -0.2) is 48.7 Å². The predicted molar refractivity (Wildman–Crippen MR) is 136 cm³/mol. The molecule has 37 heavy (non-hydrogen) atoms. The number of aliphatic carboxylic acids is 1. The van der Waals surface area contributed by atoms with Gasteiger partial charge in [-0.15, -0.1) is 0 Å². The summed E-state index contributed by atoms with van der Waals surface area (Å²) in [4.78, 5) is 17.9. The van der Waals surface area contributed by atoms with E-state index in [1.807, 2.05) is 12.1 Å². The lowest BCUT2D eigenvalue weighted by molar-refractivity contribution is -0.142. The van der Waals surface area contributed by atoms with Crippen LogP contribution in [0.1, 0.15) is 18.4 Å². The molecule has 4 heterocycles. The highest BCUT2D eigenvalue weighted by atomic mass is 19.1. The molecule has 0 bridgehead atoms. The number of pyridine rings is 1. The van der Waals surface area contributed by atoms with E-state index in [1.54, 1.807) is 41.8 Å². The van der Waals surface area contributed by atoms with Crippen LogP contribution in [0.5, 0.6) is 0 Å². The number of piperidine rings is 1. The lowest BCUT2D eigenvalue weighted by atomic mass is 9.97. The fraction of sp³-hybridized carbons (Fsp3) is 0.259. The van der Waals surface area contributed by atoms with Crippen molar-refractivity contribution in [3.05, 3.63) is 66.0 Å². The molecule has 0 spiro atoms. The summed E-state index contributed by atoms with van der Waals surface area (Å²) in [6.45, 7) is 3.03. The quantitative estimate of drug-likeness (QED) is 0.378. The number of anilines is 1. The van der Waals surface area contributed by atoms with Crippen LogP contribution in [0.25, 0.3) is 38.8 Å². The van der Waals surface area contributed by atoms with Crippen LogP contribution in [0.2, 0.25) is 0 Å². The van der Waals surface area contributed by atoms with Gasteiger partial charge in [0, 0.05) is 42.7 Å². The lowest BCUT2D eigenvalue weighted by Gasteiger charge is -2.31. The average molecular weight is 503 g/mol. The maximum Gasteiger partial charge on any atom is 0.306 e. The molecule has 8 nitrogen and oxygen atoms in total. The fourth-order valence-corrected chi connectivity index (χ4v) is 5.24. The minimum absolute atomic E-state index is 0.269. The van der Waals surface area contributed by atoms with E-state index >= 15 is 4.39 Å². The summed E-state index contributed by atoms with van der Waals surface area (Å²) in [6, 6.07) is 9.51. The van der Waals surface area contributed by atoms with Gasteiger partial charge >= 0.3 is 5.97 Å². The molecule has 0 saturated carbocycles. The number of carbonyl (C=O) groups is 1. The van der Waals surface area contributed by atoms with Crippen LogP contribution in [0.15, 0.2) is 48.8 Å². The van der Waals surface area contributed by atoms with Crippen LogP contribution in [0.4, 0.5) is 14.6 Å². The van der Waals surface area contributed by atoms with E-state index in [2.05, 4.69) is 15.0 Å². The van der Waals surface area contributed by atoms with E-state index in [0.29, 0.717) is 64.7 Å². The zero-order valence-corrected chi connectivity index (χ0v) is 20.3. The van der Waals surface area contributed by atoms with E-state index in [0.717, 1.165) is 5.82 Å². The molecule has 0 unspecified atom stereocenters. The van der Waals surface area contributed by atoms with Crippen molar-refractivity contribution in [1.29, 1.82) is 0 Å². The molecule has 1 saturated heterocycles. The zero-order chi connectivity index (χ0) is 25.8. The molecule has 1 N–H and O–H groups in total. The molecule has 0 atom stereocenters. The van der Waals surface area contributed by atoms with Crippen LogP contribution in [0, 0.1) is 24.5 Å². The smallest absolute Gasteiger partial charge is 0.306 e. The van der Waals surface area contributed by atoms with Crippen molar-refractivity contribution in [2.75, 3.05) is 18.0 Å². The maximum atomic E-state index is 15.3. The van der Waals surface area contributed by atoms with Gasteiger partial charge < -0.3 is 10.0 Å². The number of aryl methyl sites for hydroxylation is 2. The minimum atomic E-state index is -0.755. The number of carboxylic acid groups (broad SMARTS) is 1. The second-order valence-corrected chi connectivity index (χ2v) is 9.51. The first-order chi connectivity index (χ1) is 17.8. The average Bonchev–Trinajstić information content (AvgIpc) is 3.44. The third kappa shape index (κ3) is 3.89. The summed E-state index contributed by atoms with van der Waals surface area (Å²) < 4.78 is 33.1. The van der Waals surface area contributed by atoms with Gasteiger partial charge in [-0.1, -0.05) is 0 Å². The van der Waals surface area contributed by atoms with Gasteiger partial charge in [-0.2, -0.15) is 10.2 Å². The first kappa shape index (κ1) is 23.1. The molecule has 188 valence electrons. The number of halogens is 2. The Morgan fingerprint density at radius 1 is 1.05 bits per heavy atom. The highest BCUT2D eigenvalue weighted by Gasteiger charge is 2.26. The van der Waals surface area contributed by atoms with Crippen molar-refractivity contribution in [1.82, 2.24) is 24.5 Å². The highest BCUT2D eigenvalue weighted by Crippen LogP contribution is 2.37. The Morgan fingerprint density at radius 3 is 2.54 bits per heavy atom. The van der Waals surface area contributed by atoms with Gasteiger partial charge in [-0.25, -0.2) is 18.4 Å². The van der Waals surface area contributed by atoms with Crippen molar-refractivity contribution in [3.8, 4) is 16.9 Å². The van der Waals surface area contributed by atoms with Crippen molar-refractivity contribution >= 4 is 33.6 Å². The van der Waals surface area contributed by atoms with E-state index in [-0.39, 0.29) is 11.5 Å². The monoisotopic (exact) mass is 502 g/mol. The second kappa shape index (κ2) is 8.65. The first-order valence-corrected chi connectivity index (χ1v) is 12.1. The third-order valence-electron chi connectivity index (χ3n) is 7.07. The molecule has 3 aromatic heterocycles. The molecule has 1 aliphatic rings. The van der Waals surface area contributed by atoms with E-state index in [9.17, 15) is 14.3 Å². The molecule has 0 aliphatic carbocycles. The second-order valence-electron chi connectivity index (χ2n) is 9.51. The first-order valence-electron chi connectivity index (χ1n) is 12.1. The van der Waals surface area contributed by atoms with Gasteiger partial charge in [0.2, 0.25) is 0 Å². The predicted octanol–water partition coefficient (Wildman–Crippen LogP) is 4.86. The summed E-state index contributed by atoms with van der Waals surface area (Å²) in [6.07, 6.45) is 4.55. The van der Waals surface area contributed by atoms with Crippen molar-refractivity contribution in [2.45, 2.75) is 19.8 Å². The van der Waals surface area contributed by atoms with Crippen molar-refractivity contribution < 1.29 is 18.7 Å². The Hall–Kier alpha value is -4.34. The van der Waals surface area contributed by atoms with Crippen LogP contribution < -0.4 is 4.90 Å². The van der Waals surface area contributed by atoms with Gasteiger partial charge in [0.15, 0.2) is 0 Å². The summed E-state index contributed by atoms with van der Waals surface area (Å²) in [7, 11) is 1.76. The molecule has 2 aromatic carbocycles. The van der Waals surface area contributed by atoms with Crippen molar-refractivity contribution in [3.63, 3.8) is 0 Å². The van der Waals surface area contributed by atoms with E-state index in [4.69, 9.17) is 5.10 Å². The number of rotatable bonds is 4. The zero-order valence-electron chi connectivity index (χ0n) is 20.3. The lowest BCUT2D eigenvalue weighted by Crippen LogP contribution is -2.36. The summed E-state index contributed by atoms with van der Waals surface area (Å²) in [5, 5.41) is 19.5. The Bertz CT molecular complexity index is 1670. The topological polar surface area (TPSA) is 89.1 Å². The number of aromatic nitrogens is 5. The number of carboxylic acids is 1. The maximum absolute atomic E-state index is 15.3. The number of fused-ring (bicyclic) bond motifs is 2. The minimum Gasteiger partial charge on any atom is -0.481 e. The Balaban J connectivity index is 1.46. The molecular weight excluding hydrogens is 478 g/mol. The Labute approximate surface area is 210 Å². The van der Waals surface area contributed by atoms with Crippen molar-refractivity contribution in [2.24, 2.45) is 13.0 Å². The van der Waals surface area contributed by atoms with Crippen LogP contribution in [-0.2, 0) is 11.8 Å². The van der Waals surface area contributed by atoms with Crippen LogP contribution >= 0.6 is 0 Å². The molecule has 0 amide bonds. The summed E-state index contributed by atoms with van der Waals surface area (Å²) in [5.41, 5.74) is 3.18. The molecule has 1 fully saturated rings. The summed E-state index contributed by atoms with van der Waals surface area (Å²) >= 11 is 0. The number of nitrogens with zero attached hydrogens (tertiary/aromatic N) is 6. The number of hydrogen-bond acceptors (Lipinski definition) is 5. The van der Waals surface area contributed by atoms with Crippen LogP contribution in [0.3, 0.4) is 0 Å². The standard InChI is InChI=1S/C27H24F2N6O2/c1-15-11-17(28)12-19-25(24-20-14-33(2)31-22(20)5-4-21(24)29)32-35(26(15)19)18-3-6-23(30-13-18)34-9-7-16(8-10-34)27(36)37/h3-6,11-14,16H,7-10H2,1-2H3,(H,36,37). The molecule has 0 radical (unpaired) electrons. The van der Waals surface area contributed by atoms with Gasteiger partial charge in [-0.05, 0) is 61.7 Å². The van der Waals surface area contributed by atoms with Gasteiger partial charge in [0.05, 0.1) is 28.8 Å². The fourth-order valence-electron chi connectivity index (χ4n) is 5.24. The van der Waals surface area contributed by atoms with Gasteiger partial charge in [-0.3, -0.25) is 9.48 Å².